The average Bonchev–Trinajstić information content (AvgIpc) is 2.71. The lowest BCUT2D eigenvalue weighted by atomic mass is 10.1. The summed E-state index contributed by atoms with van der Waals surface area (Å²) >= 11 is 0. The lowest BCUT2D eigenvalue weighted by Crippen LogP contribution is -2.26. The molecule has 0 aliphatic rings. The van der Waals surface area contributed by atoms with Crippen molar-refractivity contribution < 1.29 is 13.2 Å². The van der Waals surface area contributed by atoms with E-state index < -0.39 is 10.0 Å². The molecule has 0 aromatic heterocycles. The molecule has 150 valence electrons. The van der Waals surface area contributed by atoms with Gasteiger partial charge in [-0.25, -0.2) is 13.1 Å². The van der Waals surface area contributed by atoms with Gasteiger partial charge in [-0.2, -0.15) is 0 Å². The Bertz CT molecular complexity index is 1060. The highest BCUT2D eigenvalue weighted by Gasteiger charge is 2.14. The lowest BCUT2D eigenvalue weighted by molar-refractivity contribution is -0.115. The van der Waals surface area contributed by atoms with E-state index in [0.29, 0.717) is 18.7 Å². The number of benzene rings is 3. The van der Waals surface area contributed by atoms with Gasteiger partial charge in [-0.3, -0.25) is 4.79 Å². The van der Waals surface area contributed by atoms with Crippen LogP contribution in [0.5, 0.6) is 0 Å². The summed E-state index contributed by atoms with van der Waals surface area (Å²) in [4.78, 5) is 12.4. The lowest BCUT2D eigenvalue weighted by Gasteiger charge is -2.09. The monoisotopic (exact) mass is 408 g/mol. The minimum absolute atomic E-state index is 0.143. The Morgan fingerprint density at radius 3 is 2.21 bits per heavy atom. The van der Waals surface area contributed by atoms with Gasteiger partial charge in [0.2, 0.25) is 15.9 Å². The van der Waals surface area contributed by atoms with Crippen molar-refractivity contribution in [3.05, 3.63) is 95.6 Å². The van der Waals surface area contributed by atoms with Crippen LogP contribution >= 0.6 is 0 Å². The van der Waals surface area contributed by atoms with Crippen LogP contribution in [0, 0.1) is 6.92 Å². The van der Waals surface area contributed by atoms with Gasteiger partial charge in [0.15, 0.2) is 0 Å². The van der Waals surface area contributed by atoms with Crippen molar-refractivity contribution in [1.82, 2.24) is 4.72 Å². The van der Waals surface area contributed by atoms with Crippen molar-refractivity contribution >= 4 is 21.6 Å². The fraction of sp³-hybridized carbons (Fsp3) is 0.174. The first-order valence-corrected chi connectivity index (χ1v) is 10.9. The largest absolute Gasteiger partial charge is 0.326 e. The third-order valence-corrected chi connectivity index (χ3v) is 6.09. The minimum atomic E-state index is -3.59. The molecule has 0 saturated heterocycles. The van der Waals surface area contributed by atoms with Crippen LogP contribution in [0.2, 0.25) is 0 Å². The highest BCUT2D eigenvalue weighted by atomic mass is 32.2. The SMILES string of the molecule is Cc1ccccc1CC(=O)Nc1ccc(S(=O)(=O)NCCc2ccccc2)cc1. The first kappa shape index (κ1) is 20.8. The predicted octanol–water partition coefficient (Wildman–Crippen LogP) is 3.70. The quantitative estimate of drug-likeness (QED) is 0.597. The molecular formula is C23H24N2O3S. The normalized spacial score (nSPS) is 11.2. The van der Waals surface area contributed by atoms with E-state index in [1.54, 1.807) is 12.1 Å². The molecule has 0 aliphatic carbocycles. The van der Waals surface area contributed by atoms with Crippen molar-refractivity contribution in [3.63, 3.8) is 0 Å². The zero-order chi connectivity index (χ0) is 20.7. The predicted molar refractivity (Wildman–Crippen MR) is 115 cm³/mol. The van der Waals surface area contributed by atoms with E-state index >= 15 is 0 Å². The number of anilines is 1. The van der Waals surface area contributed by atoms with Gasteiger partial charge in [0.1, 0.15) is 0 Å². The van der Waals surface area contributed by atoms with E-state index in [-0.39, 0.29) is 17.2 Å². The maximum absolute atomic E-state index is 12.4. The third-order valence-electron chi connectivity index (χ3n) is 4.61. The fourth-order valence-electron chi connectivity index (χ4n) is 2.96. The molecule has 0 saturated carbocycles. The van der Waals surface area contributed by atoms with Crippen LogP contribution in [-0.2, 0) is 27.7 Å². The molecular weight excluding hydrogens is 384 g/mol. The number of nitrogens with one attached hydrogen (secondary N) is 2. The van der Waals surface area contributed by atoms with Crippen molar-refractivity contribution in [3.8, 4) is 0 Å². The number of rotatable bonds is 8. The number of aryl methyl sites for hydroxylation is 1. The molecule has 0 radical (unpaired) electrons. The van der Waals surface area contributed by atoms with Crippen LogP contribution < -0.4 is 10.0 Å². The Morgan fingerprint density at radius 2 is 1.52 bits per heavy atom. The van der Waals surface area contributed by atoms with Gasteiger partial charge in [-0.05, 0) is 54.3 Å². The summed E-state index contributed by atoms with van der Waals surface area (Å²) in [7, 11) is -3.59. The van der Waals surface area contributed by atoms with E-state index in [2.05, 4.69) is 10.0 Å². The van der Waals surface area contributed by atoms with Crippen LogP contribution in [0.1, 0.15) is 16.7 Å². The second-order valence-corrected chi connectivity index (χ2v) is 8.58. The van der Waals surface area contributed by atoms with Crippen molar-refractivity contribution in [2.45, 2.75) is 24.7 Å². The summed E-state index contributed by atoms with van der Waals surface area (Å²) in [6.45, 7) is 2.29. The summed E-state index contributed by atoms with van der Waals surface area (Å²) < 4.78 is 27.5. The van der Waals surface area contributed by atoms with E-state index in [1.165, 1.54) is 12.1 Å². The molecule has 0 heterocycles. The van der Waals surface area contributed by atoms with Gasteiger partial charge in [0.05, 0.1) is 11.3 Å². The van der Waals surface area contributed by atoms with Crippen LogP contribution in [0.3, 0.4) is 0 Å². The molecule has 29 heavy (non-hydrogen) atoms. The van der Waals surface area contributed by atoms with E-state index in [4.69, 9.17) is 0 Å². The Labute approximate surface area is 171 Å². The first-order valence-electron chi connectivity index (χ1n) is 9.42. The molecule has 3 aromatic rings. The smallest absolute Gasteiger partial charge is 0.240 e. The summed E-state index contributed by atoms with van der Waals surface area (Å²) in [5, 5.41) is 2.81. The van der Waals surface area contributed by atoms with Gasteiger partial charge < -0.3 is 5.32 Å². The van der Waals surface area contributed by atoms with Gasteiger partial charge in [-0.15, -0.1) is 0 Å². The maximum Gasteiger partial charge on any atom is 0.240 e. The van der Waals surface area contributed by atoms with Gasteiger partial charge in [0.25, 0.3) is 0 Å². The second kappa shape index (κ2) is 9.49. The Kier molecular flexibility index (Phi) is 6.80. The number of carbonyl (C=O) groups is 1. The molecule has 5 nitrogen and oxygen atoms in total. The van der Waals surface area contributed by atoms with Crippen LogP contribution in [0.15, 0.2) is 83.8 Å². The number of hydrogen-bond donors (Lipinski definition) is 2. The van der Waals surface area contributed by atoms with E-state index in [9.17, 15) is 13.2 Å². The van der Waals surface area contributed by atoms with Crippen molar-refractivity contribution in [2.24, 2.45) is 0 Å². The van der Waals surface area contributed by atoms with Gasteiger partial charge >= 0.3 is 0 Å². The van der Waals surface area contributed by atoms with Crippen LogP contribution in [0.25, 0.3) is 0 Å². The molecule has 6 heteroatoms. The molecule has 3 rings (SSSR count). The number of carbonyl (C=O) groups excluding carboxylic acids is 1. The van der Waals surface area contributed by atoms with E-state index in [1.807, 2.05) is 61.5 Å². The minimum Gasteiger partial charge on any atom is -0.326 e. The van der Waals surface area contributed by atoms with Gasteiger partial charge in [-0.1, -0.05) is 54.6 Å². The molecule has 3 aromatic carbocycles. The summed E-state index contributed by atoms with van der Waals surface area (Å²) in [6.07, 6.45) is 0.890. The van der Waals surface area contributed by atoms with Crippen LogP contribution in [0.4, 0.5) is 5.69 Å². The molecule has 0 atom stereocenters. The molecule has 0 unspecified atom stereocenters. The van der Waals surface area contributed by atoms with E-state index in [0.717, 1.165) is 16.7 Å². The summed E-state index contributed by atoms with van der Waals surface area (Å²) in [5.74, 6) is -0.143. The Hall–Kier alpha value is -2.96. The third kappa shape index (κ3) is 6.01. The topological polar surface area (TPSA) is 75.3 Å². The fourth-order valence-corrected chi connectivity index (χ4v) is 3.99. The second-order valence-electron chi connectivity index (χ2n) is 6.81. The van der Waals surface area contributed by atoms with Crippen molar-refractivity contribution in [2.75, 3.05) is 11.9 Å². The summed E-state index contributed by atoms with van der Waals surface area (Å²) in [6, 6.07) is 23.6. The average molecular weight is 409 g/mol. The standard InChI is InChI=1S/C23H24N2O3S/c1-18-7-5-6-10-20(18)17-23(26)25-21-11-13-22(14-12-21)29(27,28)24-16-15-19-8-3-2-4-9-19/h2-14,24H,15-17H2,1H3,(H,25,26). The molecule has 0 spiro atoms. The zero-order valence-electron chi connectivity index (χ0n) is 16.3. The Balaban J connectivity index is 1.55. The number of amides is 1. The Morgan fingerprint density at radius 1 is 0.862 bits per heavy atom. The number of sulfonamides is 1. The van der Waals surface area contributed by atoms with Crippen LogP contribution in [-0.4, -0.2) is 20.9 Å². The highest BCUT2D eigenvalue weighted by molar-refractivity contribution is 7.89. The maximum atomic E-state index is 12.4. The highest BCUT2D eigenvalue weighted by Crippen LogP contribution is 2.15. The molecule has 0 aliphatic heterocycles. The molecule has 0 bridgehead atoms. The van der Waals surface area contributed by atoms with Crippen molar-refractivity contribution in [1.29, 1.82) is 0 Å². The number of hydrogen-bond acceptors (Lipinski definition) is 3. The first-order chi connectivity index (χ1) is 13.9. The molecule has 1 amide bonds. The molecule has 0 fully saturated rings. The molecule has 2 N–H and O–H groups in total. The summed E-state index contributed by atoms with van der Waals surface area (Å²) in [5.41, 5.74) is 3.66. The van der Waals surface area contributed by atoms with Gasteiger partial charge in [0, 0.05) is 12.2 Å². The zero-order valence-corrected chi connectivity index (χ0v) is 17.1.